The van der Waals surface area contributed by atoms with Crippen molar-refractivity contribution in [3.8, 4) is 5.69 Å². The highest BCUT2D eigenvalue weighted by molar-refractivity contribution is 5.94. The Hall–Kier alpha value is -4.37. The van der Waals surface area contributed by atoms with Gasteiger partial charge in [-0.05, 0) is 36.4 Å². The molecule has 8 nitrogen and oxygen atoms in total. The number of ether oxygens (including phenoxy) is 1. The molecule has 0 radical (unpaired) electrons. The van der Waals surface area contributed by atoms with Gasteiger partial charge in [0.1, 0.15) is 11.4 Å². The summed E-state index contributed by atoms with van der Waals surface area (Å²) in [4.78, 5) is 31.6. The Labute approximate surface area is 225 Å². The van der Waals surface area contributed by atoms with E-state index in [4.69, 9.17) is 4.74 Å². The molecule has 4 aromatic rings. The first-order chi connectivity index (χ1) is 19.0. The van der Waals surface area contributed by atoms with Crippen LogP contribution in [0.5, 0.6) is 0 Å². The number of aromatic nitrogens is 1. The number of carboxylic acid groups (broad SMARTS) is 1. The predicted octanol–water partition coefficient (Wildman–Crippen LogP) is 3.99. The number of piperazine rings is 1. The predicted molar refractivity (Wildman–Crippen MR) is 150 cm³/mol. The maximum atomic E-state index is 15.6. The molecule has 2 aliphatic heterocycles. The molecule has 3 heterocycles. The minimum atomic E-state index is -1.35. The number of fused-ring (bicyclic) bond motifs is 1. The van der Waals surface area contributed by atoms with Crippen LogP contribution in [0.1, 0.15) is 10.4 Å². The van der Waals surface area contributed by atoms with Crippen molar-refractivity contribution in [1.29, 1.82) is 0 Å². The van der Waals surface area contributed by atoms with Crippen molar-refractivity contribution in [2.24, 2.45) is 0 Å². The number of carbonyl (C=O) groups is 1. The molecule has 0 saturated carbocycles. The summed E-state index contributed by atoms with van der Waals surface area (Å²) >= 11 is 0. The molecule has 0 unspecified atom stereocenters. The van der Waals surface area contributed by atoms with Gasteiger partial charge >= 0.3 is 5.97 Å². The normalized spacial score (nSPS) is 16.1. The van der Waals surface area contributed by atoms with Gasteiger partial charge in [0, 0.05) is 56.5 Å². The van der Waals surface area contributed by atoms with Crippen LogP contribution in [0.25, 0.3) is 16.6 Å². The second-order valence-electron chi connectivity index (χ2n) is 9.77. The fourth-order valence-corrected chi connectivity index (χ4v) is 5.51. The van der Waals surface area contributed by atoms with E-state index in [9.17, 15) is 14.7 Å². The zero-order chi connectivity index (χ0) is 26.9. The van der Waals surface area contributed by atoms with E-state index in [0.717, 1.165) is 30.2 Å². The summed E-state index contributed by atoms with van der Waals surface area (Å²) < 4.78 is 22.8. The standard InChI is InChI=1S/C30H29FN4O4/c31-24-18-22-27(19-28(24)33-12-10-32(11-13-33)21-6-2-1-3-7-21)35(20-23(29(22)36)30(37)38)26-9-5-4-8-25(26)34-14-16-39-17-15-34/h1-9,18-20H,10-17H2,(H,37,38). The number of morpholine rings is 1. The van der Waals surface area contributed by atoms with Crippen molar-refractivity contribution >= 4 is 33.9 Å². The Morgan fingerprint density at radius 2 is 1.38 bits per heavy atom. The minimum absolute atomic E-state index is 0.0378. The first-order valence-electron chi connectivity index (χ1n) is 13.1. The summed E-state index contributed by atoms with van der Waals surface area (Å²) in [5, 5.41) is 9.85. The van der Waals surface area contributed by atoms with E-state index in [0.29, 0.717) is 50.6 Å². The van der Waals surface area contributed by atoms with Gasteiger partial charge in [-0.1, -0.05) is 30.3 Å². The van der Waals surface area contributed by atoms with Crippen LogP contribution in [0.15, 0.2) is 77.7 Å². The average molecular weight is 529 g/mol. The Bertz CT molecular complexity index is 1580. The molecule has 1 aromatic heterocycles. The molecule has 9 heteroatoms. The number of anilines is 3. The van der Waals surface area contributed by atoms with Crippen molar-refractivity contribution in [3.05, 3.63) is 94.5 Å². The summed E-state index contributed by atoms with van der Waals surface area (Å²) in [6.45, 7) is 5.23. The lowest BCUT2D eigenvalue weighted by Gasteiger charge is -2.37. The summed E-state index contributed by atoms with van der Waals surface area (Å²) in [5.74, 6) is -1.88. The maximum absolute atomic E-state index is 15.6. The molecule has 2 fully saturated rings. The number of aromatic carboxylic acids is 1. The molecule has 2 aliphatic rings. The molecule has 0 bridgehead atoms. The van der Waals surface area contributed by atoms with Crippen LogP contribution in [0, 0.1) is 5.82 Å². The number of benzene rings is 3. The molecule has 39 heavy (non-hydrogen) atoms. The summed E-state index contributed by atoms with van der Waals surface area (Å²) in [6.07, 6.45) is 1.36. The van der Waals surface area contributed by atoms with E-state index < -0.39 is 22.8 Å². The zero-order valence-corrected chi connectivity index (χ0v) is 21.4. The molecule has 200 valence electrons. The van der Waals surface area contributed by atoms with Crippen LogP contribution in [-0.2, 0) is 4.74 Å². The van der Waals surface area contributed by atoms with Gasteiger partial charge in [-0.3, -0.25) is 4.79 Å². The Morgan fingerprint density at radius 3 is 2.08 bits per heavy atom. The van der Waals surface area contributed by atoms with Gasteiger partial charge in [-0.15, -0.1) is 0 Å². The number of pyridine rings is 1. The van der Waals surface area contributed by atoms with Crippen molar-refractivity contribution in [2.45, 2.75) is 0 Å². The molecule has 6 rings (SSSR count). The number of carboxylic acids is 1. The second kappa shape index (κ2) is 10.4. The largest absolute Gasteiger partial charge is 0.477 e. The third kappa shape index (κ3) is 4.70. The van der Waals surface area contributed by atoms with E-state index in [2.05, 4.69) is 21.9 Å². The SMILES string of the molecule is O=C(O)c1cn(-c2ccccc2N2CCOCC2)c2cc(N3CCN(c4ccccc4)CC3)c(F)cc2c1=O. The third-order valence-corrected chi connectivity index (χ3v) is 7.54. The van der Waals surface area contributed by atoms with Crippen molar-refractivity contribution in [2.75, 3.05) is 67.2 Å². The molecule has 2 saturated heterocycles. The Kier molecular flexibility index (Phi) is 6.66. The fourth-order valence-electron chi connectivity index (χ4n) is 5.51. The van der Waals surface area contributed by atoms with E-state index in [-0.39, 0.29) is 5.39 Å². The fraction of sp³-hybridized carbons (Fsp3) is 0.267. The molecule has 0 spiro atoms. The van der Waals surface area contributed by atoms with E-state index >= 15 is 4.39 Å². The van der Waals surface area contributed by atoms with Gasteiger partial charge in [-0.2, -0.15) is 0 Å². The average Bonchev–Trinajstić information content (AvgIpc) is 2.98. The molecule has 0 aliphatic carbocycles. The van der Waals surface area contributed by atoms with Crippen LogP contribution in [-0.4, -0.2) is 68.1 Å². The number of halogens is 1. The minimum Gasteiger partial charge on any atom is -0.477 e. The van der Waals surface area contributed by atoms with Crippen LogP contribution in [0.2, 0.25) is 0 Å². The summed E-state index contributed by atoms with van der Waals surface area (Å²) in [6, 6.07) is 20.7. The van der Waals surface area contributed by atoms with E-state index in [1.807, 2.05) is 47.4 Å². The van der Waals surface area contributed by atoms with Gasteiger partial charge < -0.3 is 29.1 Å². The van der Waals surface area contributed by atoms with Gasteiger partial charge in [-0.25, -0.2) is 9.18 Å². The van der Waals surface area contributed by atoms with Crippen molar-refractivity contribution in [3.63, 3.8) is 0 Å². The summed E-state index contributed by atoms with van der Waals surface area (Å²) in [5.41, 5.74) is 2.51. The van der Waals surface area contributed by atoms with Gasteiger partial charge in [0.25, 0.3) is 0 Å². The highest BCUT2D eigenvalue weighted by Gasteiger charge is 2.24. The molecular weight excluding hydrogens is 499 g/mol. The zero-order valence-electron chi connectivity index (χ0n) is 21.4. The Morgan fingerprint density at radius 1 is 0.769 bits per heavy atom. The second-order valence-corrected chi connectivity index (χ2v) is 9.77. The van der Waals surface area contributed by atoms with Gasteiger partial charge in [0.05, 0.1) is 35.8 Å². The van der Waals surface area contributed by atoms with Crippen molar-refractivity contribution in [1.82, 2.24) is 4.57 Å². The van der Waals surface area contributed by atoms with E-state index in [1.54, 1.807) is 10.6 Å². The monoisotopic (exact) mass is 528 g/mol. The first kappa shape index (κ1) is 24.9. The smallest absolute Gasteiger partial charge is 0.341 e. The number of hydrogen-bond donors (Lipinski definition) is 1. The summed E-state index contributed by atoms with van der Waals surface area (Å²) in [7, 11) is 0. The number of para-hydroxylation sites is 3. The highest BCUT2D eigenvalue weighted by atomic mass is 19.1. The third-order valence-electron chi connectivity index (χ3n) is 7.54. The molecule has 1 N–H and O–H groups in total. The molecular formula is C30H29FN4O4. The van der Waals surface area contributed by atoms with Gasteiger partial charge in [0.2, 0.25) is 5.43 Å². The first-order valence-corrected chi connectivity index (χ1v) is 13.1. The number of hydrogen-bond acceptors (Lipinski definition) is 6. The van der Waals surface area contributed by atoms with Crippen LogP contribution in [0.4, 0.5) is 21.5 Å². The van der Waals surface area contributed by atoms with Crippen LogP contribution in [0.3, 0.4) is 0 Å². The number of rotatable bonds is 5. The van der Waals surface area contributed by atoms with Crippen molar-refractivity contribution < 1.29 is 19.0 Å². The van der Waals surface area contributed by atoms with Gasteiger partial charge in [0.15, 0.2) is 0 Å². The molecule has 0 amide bonds. The lowest BCUT2D eigenvalue weighted by atomic mass is 10.1. The quantitative estimate of drug-likeness (QED) is 0.420. The maximum Gasteiger partial charge on any atom is 0.341 e. The molecule has 3 aromatic carbocycles. The van der Waals surface area contributed by atoms with Crippen LogP contribution >= 0.6 is 0 Å². The lowest BCUT2D eigenvalue weighted by molar-refractivity contribution is 0.0695. The highest BCUT2D eigenvalue weighted by Crippen LogP contribution is 2.32. The van der Waals surface area contributed by atoms with Crippen LogP contribution < -0.4 is 20.1 Å². The van der Waals surface area contributed by atoms with E-state index in [1.165, 1.54) is 12.3 Å². The Balaban J connectivity index is 1.45. The molecule has 0 atom stereocenters. The topological polar surface area (TPSA) is 78.2 Å². The lowest BCUT2D eigenvalue weighted by Crippen LogP contribution is -2.46. The number of nitrogens with zero attached hydrogens (tertiary/aromatic N) is 4.